The Balaban J connectivity index is 2.24. The second-order valence-corrected chi connectivity index (χ2v) is 5.28. The van der Waals surface area contributed by atoms with E-state index >= 15 is 0 Å². The van der Waals surface area contributed by atoms with Crippen LogP contribution < -0.4 is 0 Å². The average molecular weight is 227 g/mol. The van der Waals surface area contributed by atoms with Gasteiger partial charge in [-0.05, 0) is 37.6 Å². The fraction of sp³-hybridized carbons (Fsp3) is 0.923. The molecule has 1 unspecified atom stereocenters. The normalized spacial score (nSPS) is 22.4. The van der Waals surface area contributed by atoms with Crippen molar-refractivity contribution in [2.45, 2.75) is 39.5 Å². The molecule has 16 heavy (non-hydrogen) atoms. The molecule has 0 N–H and O–H groups in total. The third-order valence-corrected chi connectivity index (χ3v) is 3.21. The summed E-state index contributed by atoms with van der Waals surface area (Å²) in [5.41, 5.74) is 0. The van der Waals surface area contributed by atoms with Crippen LogP contribution in [0.25, 0.3) is 0 Å². The van der Waals surface area contributed by atoms with E-state index in [4.69, 9.17) is 0 Å². The maximum atomic E-state index is 11.1. The number of carbonyl (C=O) groups excluding carboxylic acids is 1. The van der Waals surface area contributed by atoms with Crippen molar-refractivity contribution in [1.82, 2.24) is 4.90 Å². The van der Waals surface area contributed by atoms with Crippen LogP contribution in [0.2, 0.25) is 0 Å². The van der Waals surface area contributed by atoms with Crippen molar-refractivity contribution >= 4 is 5.97 Å². The molecule has 1 aliphatic rings. The number of hydrogen-bond donors (Lipinski definition) is 0. The predicted molar refractivity (Wildman–Crippen MR) is 65.3 cm³/mol. The first-order valence-electron chi connectivity index (χ1n) is 6.41. The van der Waals surface area contributed by atoms with Crippen LogP contribution in [0.4, 0.5) is 0 Å². The molecule has 0 spiro atoms. The molecule has 94 valence electrons. The smallest absolute Gasteiger partial charge is 0.305 e. The van der Waals surface area contributed by atoms with Crippen molar-refractivity contribution in [3.05, 3.63) is 0 Å². The Bertz CT molecular complexity index is 216. The third-order valence-electron chi connectivity index (χ3n) is 3.21. The molecule has 1 rings (SSSR count). The van der Waals surface area contributed by atoms with Gasteiger partial charge in [0.25, 0.3) is 0 Å². The summed E-state index contributed by atoms with van der Waals surface area (Å²) in [5.74, 6) is 1.35. The molecule has 1 atom stereocenters. The number of rotatable bonds is 5. The monoisotopic (exact) mass is 227 g/mol. The third kappa shape index (κ3) is 4.97. The van der Waals surface area contributed by atoms with Gasteiger partial charge in [-0.1, -0.05) is 13.8 Å². The molecule has 0 amide bonds. The molecule has 1 heterocycles. The highest BCUT2D eigenvalue weighted by atomic mass is 16.5. The predicted octanol–water partition coefficient (Wildman–Crippen LogP) is 2.31. The zero-order valence-corrected chi connectivity index (χ0v) is 10.9. The molecule has 0 saturated carbocycles. The Kier molecular flexibility index (Phi) is 5.81. The molecule has 0 aromatic heterocycles. The molecule has 0 aromatic rings. The lowest BCUT2D eigenvalue weighted by molar-refractivity contribution is -0.141. The van der Waals surface area contributed by atoms with Gasteiger partial charge in [0.1, 0.15) is 0 Å². The topological polar surface area (TPSA) is 29.5 Å². The quantitative estimate of drug-likeness (QED) is 0.675. The van der Waals surface area contributed by atoms with E-state index in [9.17, 15) is 4.79 Å². The number of hydrogen-bond acceptors (Lipinski definition) is 3. The van der Waals surface area contributed by atoms with Crippen LogP contribution in [0.1, 0.15) is 39.5 Å². The highest BCUT2D eigenvalue weighted by molar-refractivity contribution is 5.69. The minimum absolute atomic E-state index is 0.0685. The van der Waals surface area contributed by atoms with Crippen LogP contribution in [0.3, 0.4) is 0 Å². The first kappa shape index (κ1) is 13.5. The zero-order chi connectivity index (χ0) is 12.0. The van der Waals surface area contributed by atoms with E-state index in [0.29, 0.717) is 12.3 Å². The maximum Gasteiger partial charge on any atom is 0.305 e. The van der Waals surface area contributed by atoms with Crippen LogP contribution >= 0.6 is 0 Å². The molecule has 0 aliphatic carbocycles. The number of esters is 1. The van der Waals surface area contributed by atoms with E-state index in [1.807, 2.05) is 0 Å². The first-order chi connectivity index (χ1) is 7.61. The number of ether oxygens (including phenoxy) is 1. The largest absolute Gasteiger partial charge is 0.469 e. The standard InChI is InChI=1S/C13H25NO2/c1-11(2)9-14-8-4-5-12(10-14)6-7-13(15)16-3/h11-12H,4-10H2,1-3H3. The van der Waals surface area contributed by atoms with Gasteiger partial charge in [0.15, 0.2) is 0 Å². The van der Waals surface area contributed by atoms with Crippen LogP contribution in [-0.4, -0.2) is 37.6 Å². The van der Waals surface area contributed by atoms with Gasteiger partial charge in [0.05, 0.1) is 7.11 Å². The van der Waals surface area contributed by atoms with E-state index in [1.54, 1.807) is 0 Å². The SMILES string of the molecule is COC(=O)CCC1CCCN(CC(C)C)C1. The summed E-state index contributed by atoms with van der Waals surface area (Å²) in [6.07, 6.45) is 4.11. The summed E-state index contributed by atoms with van der Waals surface area (Å²) in [7, 11) is 1.47. The summed E-state index contributed by atoms with van der Waals surface area (Å²) < 4.78 is 4.68. The second kappa shape index (κ2) is 6.89. The fourth-order valence-electron chi connectivity index (χ4n) is 2.49. The van der Waals surface area contributed by atoms with Crippen LogP contribution in [0, 0.1) is 11.8 Å². The van der Waals surface area contributed by atoms with Crippen molar-refractivity contribution < 1.29 is 9.53 Å². The van der Waals surface area contributed by atoms with Gasteiger partial charge in [-0.3, -0.25) is 4.79 Å². The van der Waals surface area contributed by atoms with Crippen molar-refractivity contribution in [3.8, 4) is 0 Å². The van der Waals surface area contributed by atoms with Gasteiger partial charge in [-0.15, -0.1) is 0 Å². The maximum absolute atomic E-state index is 11.1. The summed E-state index contributed by atoms with van der Waals surface area (Å²) >= 11 is 0. The first-order valence-corrected chi connectivity index (χ1v) is 6.41. The molecule has 0 bridgehead atoms. The van der Waals surface area contributed by atoms with E-state index < -0.39 is 0 Å². The van der Waals surface area contributed by atoms with E-state index in [0.717, 1.165) is 18.9 Å². The van der Waals surface area contributed by atoms with E-state index in [-0.39, 0.29) is 5.97 Å². The molecular formula is C13H25NO2. The van der Waals surface area contributed by atoms with Crippen molar-refractivity contribution in [3.63, 3.8) is 0 Å². The molecule has 0 radical (unpaired) electrons. The highest BCUT2D eigenvalue weighted by Crippen LogP contribution is 2.21. The Morgan fingerprint density at radius 1 is 1.50 bits per heavy atom. The molecule has 0 aromatic carbocycles. The Labute approximate surface area is 99.1 Å². The van der Waals surface area contributed by atoms with Crippen LogP contribution in [-0.2, 0) is 9.53 Å². The van der Waals surface area contributed by atoms with Gasteiger partial charge in [-0.2, -0.15) is 0 Å². The fourth-order valence-corrected chi connectivity index (χ4v) is 2.49. The lowest BCUT2D eigenvalue weighted by Crippen LogP contribution is -2.37. The van der Waals surface area contributed by atoms with Gasteiger partial charge in [-0.25, -0.2) is 0 Å². The van der Waals surface area contributed by atoms with Crippen molar-refractivity contribution in [1.29, 1.82) is 0 Å². The molecule has 1 aliphatic heterocycles. The lowest BCUT2D eigenvalue weighted by atomic mass is 9.93. The zero-order valence-electron chi connectivity index (χ0n) is 10.9. The minimum Gasteiger partial charge on any atom is -0.469 e. The molecule has 3 nitrogen and oxygen atoms in total. The van der Waals surface area contributed by atoms with E-state index in [1.165, 1.54) is 33.0 Å². The molecule has 3 heteroatoms. The molecular weight excluding hydrogens is 202 g/mol. The lowest BCUT2D eigenvalue weighted by Gasteiger charge is -2.33. The Morgan fingerprint density at radius 2 is 2.25 bits per heavy atom. The molecule has 1 fully saturated rings. The van der Waals surface area contributed by atoms with Crippen LogP contribution in [0.5, 0.6) is 0 Å². The highest BCUT2D eigenvalue weighted by Gasteiger charge is 2.20. The van der Waals surface area contributed by atoms with Gasteiger partial charge in [0, 0.05) is 19.5 Å². The number of methoxy groups -OCH3 is 1. The number of likely N-dealkylation sites (tertiary alicyclic amines) is 1. The summed E-state index contributed by atoms with van der Waals surface area (Å²) in [5, 5.41) is 0. The average Bonchev–Trinajstić information content (AvgIpc) is 2.25. The molecule has 1 saturated heterocycles. The van der Waals surface area contributed by atoms with E-state index in [2.05, 4.69) is 23.5 Å². The van der Waals surface area contributed by atoms with Crippen molar-refractivity contribution in [2.75, 3.05) is 26.7 Å². The Morgan fingerprint density at radius 3 is 2.88 bits per heavy atom. The van der Waals surface area contributed by atoms with Crippen LogP contribution in [0.15, 0.2) is 0 Å². The summed E-state index contributed by atoms with van der Waals surface area (Å²) in [4.78, 5) is 13.6. The second-order valence-electron chi connectivity index (χ2n) is 5.28. The summed E-state index contributed by atoms with van der Waals surface area (Å²) in [6, 6.07) is 0. The number of piperidine rings is 1. The summed E-state index contributed by atoms with van der Waals surface area (Å²) in [6.45, 7) is 8.10. The number of carbonyl (C=O) groups is 1. The number of nitrogens with zero attached hydrogens (tertiary/aromatic N) is 1. The van der Waals surface area contributed by atoms with Gasteiger partial charge in [0.2, 0.25) is 0 Å². The Hall–Kier alpha value is -0.570. The minimum atomic E-state index is -0.0685. The van der Waals surface area contributed by atoms with Crippen molar-refractivity contribution in [2.24, 2.45) is 11.8 Å². The van der Waals surface area contributed by atoms with Gasteiger partial charge >= 0.3 is 5.97 Å². The van der Waals surface area contributed by atoms with Gasteiger partial charge < -0.3 is 9.64 Å².